The van der Waals surface area contributed by atoms with Gasteiger partial charge < -0.3 is 15.4 Å². The fourth-order valence-corrected chi connectivity index (χ4v) is 2.05. The molecule has 0 saturated carbocycles. The van der Waals surface area contributed by atoms with Gasteiger partial charge in [-0.1, -0.05) is 13.0 Å². The molecule has 0 aromatic carbocycles. The van der Waals surface area contributed by atoms with Crippen molar-refractivity contribution in [2.24, 2.45) is 0 Å². The minimum Gasteiger partial charge on any atom is -0.481 e. The van der Waals surface area contributed by atoms with Crippen molar-refractivity contribution in [3.8, 4) is 0 Å². The molecule has 1 atom stereocenters. The van der Waals surface area contributed by atoms with E-state index in [4.69, 9.17) is 5.73 Å². The van der Waals surface area contributed by atoms with E-state index in [1.165, 1.54) is 0 Å². The zero-order valence-corrected chi connectivity index (χ0v) is 11.4. The quantitative estimate of drug-likeness (QED) is 0.835. The van der Waals surface area contributed by atoms with E-state index in [1.54, 1.807) is 30.9 Å². The maximum atomic E-state index is 11.4. The molecule has 6 nitrogen and oxygen atoms in total. The third-order valence-electron chi connectivity index (χ3n) is 3.08. The highest BCUT2D eigenvalue weighted by Gasteiger charge is 2.23. The van der Waals surface area contributed by atoms with E-state index in [9.17, 15) is 9.90 Å². The summed E-state index contributed by atoms with van der Waals surface area (Å²) in [6.45, 7) is 2.90. The summed E-state index contributed by atoms with van der Waals surface area (Å²) in [6.07, 6.45) is 6.42. The molecule has 0 bridgehead atoms. The molecule has 0 spiro atoms. The van der Waals surface area contributed by atoms with Gasteiger partial charge in [-0.15, -0.1) is 0 Å². The van der Waals surface area contributed by atoms with E-state index in [2.05, 4.69) is 16.9 Å². The lowest BCUT2D eigenvalue weighted by atomic mass is 9.98. The number of carboxylic acid groups (broad SMARTS) is 1. The number of hydrogen-bond donors (Lipinski definition) is 2. The Morgan fingerprint density at radius 2 is 2.25 bits per heavy atom. The second-order valence-corrected chi connectivity index (χ2v) is 4.72. The highest BCUT2D eigenvalue weighted by Crippen LogP contribution is 2.20. The minimum absolute atomic E-state index is 0.353. The Balaban J connectivity index is 2.17. The zero-order valence-electron chi connectivity index (χ0n) is 11.4. The number of nitrogens with two attached hydrogens (primary N) is 1. The van der Waals surface area contributed by atoms with E-state index in [0.29, 0.717) is 17.9 Å². The zero-order chi connectivity index (χ0) is 14.5. The first-order valence-electron chi connectivity index (χ1n) is 6.55. The smallest absolute Gasteiger partial charge is 0.312 e. The summed E-state index contributed by atoms with van der Waals surface area (Å²) in [7, 11) is 0. The second-order valence-electron chi connectivity index (χ2n) is 4.72. The highest BCUT2D eigenvalue weighted by molar-refractivity contribution is 5.75. The predicted octanol–water partition coefficient (Wildman–Crippen LogP) is 1.68. The molecule has 2 rings (SSSR count). The number of nitrogen functional groups attached to an aromatic ring is 1. The Bertz CT molecular complexity index is 577. The number of aromatic nitrogens is 3. The summed E-state index contributed by atoms with van der Waals surface area (Å²) in [5.74, 6) is -1.13. The van der Waals surface area contributed by atoms with Crippen molar-refractivity contribution in [1.29, 1.82) is 0 Å². The van der Waals surface area contributed by atoms with Crippen molar-refractivity contribution >= 4 is 11.8 Å². The second kappa shape index (κ2) is 6.18. The van der Waals surface area contributed by atoms with Crippen LogP contribution in [0.5, 0.6) is 0 Å². The van der Waals surface area contributed by atoms with Crippen LogP contribution < -0.4 is 5.73 Å². The van der Waals surface area contributed by atoms with Crippen molar-refractivity contribution < 1.29 is 9.90 Å². The molecule has 0 fully saturated rings. The lowest BCUT2D eigenvalue weighted by molar-refractivity contribution is -0.138. The maximum absolute atomic E-state index is 11.4. The van der Waals surface area contributed by atoms with E-state index in [1.807, 2.05) is 4.57 Å². The van der Waals surface area contributed by atoms with Crippen LogP contribution in [0.1, 0.15) is 30.5 Å². The van der Waals surface area contributed by atoms with Crippen molar-refractivity contribution in [3.05, 3.63) is 42.1 Å². The number of rotatable bonds is 6. The number of carboxylic acids is 1. The SMILES string of the molecule is CCCn1cnc(C(Cc2ccc(N)nc2)C(=O)O)c1. The predicted molar refractivity (Wildman–Crippen MR) is 75.2 cm³/mol. The fourth-order valence-electron chi connectivity index (χ4n) is 2.05. The molecule has 6 heteroatoms. The number of anilines is 1. The molecule has 0 saturated heterocycles. The van der Waals surface area contributed by atoms with Gasteiger partial charge in [0.15, 0.2) is 0 Å². The van der Waals surface area contributed by atoms with Crippen molar-refractivity contribution in [1.82, 2.24) is 14.5 Å². The Morgan fingerprint density at radius 3 is 2.85 bits per heavy atom. The molecular weight excluding hydrogens is 256 g/mol. The van der Waals surface area contributed by atoms with Crippen molar-refractivity contribution in [2.45, 2.75) is 32.2 Å². The molecule has 106 valence electrons. The number of imidazole rings is 1. The third kappa shape index (κ3) is 3.34. The van der Waals surface area contributed by atoms with Crippen LogP contribution in [0.2, 0.25) is 0 Å². The van der Waals surface area contributed by atoms with Crippen LogP contribution in [0.4, 0.5) is 5.82 Å². The number of aliphatic carboxylic acids is 1. The Kier molecular flexibility index (Phi) is 4.34. The minimum atomic E-state index is -0.886. The number of aryl methyl sites for hydroxylation is 1. The number of hydrogen-bond acceptors (Lipinski definition) is 4. The summed E-state index contributed by atoms with van der Waals surface area (Å²) in [5.41, 5.74) is 6.92. The molecule has 1 unspecified atom stereocenters. The van der Waals surface area contributed by atoms with Crippen LogP contribution in [-0.4, -0.2) is 25.6 Å². The van der Waals surface area contributed by atoms with Crippen LogP contribution in [0, 0.1) is 0 Å². The molecule has 0 amide bonds. The van der Waals surface area contributed by atoms with Gasteiger partial charge >= 0.3 is 5.97 Å². The van der Waals surface area contributed by atoms with Crippen molar-refractivity contribution in [2.75, 3.05) is 5.73 Å². The number of nitrogens with zero attached hydrogens (tertiary/aromatic N) is 3. The molecule has 20 heavy (non-hydrogen) atoms. The van der Waals surface area contributed by atoms with Crippen LogP contribution in [0.25, 0.3) is 0 Å². The van der Waals surface area contributed by atoms with Gasteiger partial charge in [-0.25, -0.2) is 9.97 Å². The molecule has 0 aliphatic rings. The van der Waals surface area contributed by atoms with Gasteiger partial charge in [-0.2, -0.15) is 0 Å². The molecular formula is C14H18N4O2. The largest absolute Gasteiger partial charge is 0.481 e. The van der Waals surface area contributed by atoms with Crippen LogP contribution in [-0.2, 0) is 17.8 Å². The van der Waals surface area contributed by atoms with Gasteiger partial charge in [0.2, 0.25) is 0 Å². The average molecular weight is 274 g/mol. The summed E-state index contributed by atoms with van der Waals surface area (Å²) < 4.78 is 1.91. The summed E-state index contributed by atoms with van der Waals surface area (Å²) in [5, 5.41) is 9.39. The molecule has 0 radical (unpaired) electrons. The molecule has 2 aromatic heterocycles. The lowest BCUT2D eigenvalue weighted by Gasteiger charge is -2.09. The first-order valence-corrected chi connectivity index (χ1v) is 6.55. The summed E-state index contributed by atoms with van der Waals surface area (Å²) in [4.78, 5) is 19.6. The Morgan fingerprint density at radius 1 is 1.45 bits per heavy atom. The van der Waals surface area contributed by atoms with E-state index in [0.717, 1.165) is 18.5 Å². The molecule has 3 N–H and O–H groups in total. The van der Waals surface area contributed by atoms with E-state index < -0.39 is 11.9 Å². The van der Waals surface area contributed by atoms with Crippen molar-refractivity contribution in [3.63, 3.8) is 0 Å². The average Bonchev–Trinajstić information content (AvgIpc) is 2.86. The standard InChI is InChI=1S/C14H18N4O2/c1-2-5-18-8-12(17-9-18)11(14(19)20)6-10-3-4-13(15)16-7-10/h3-4,7-9,11H,2,5-6H2,1H3,(H2,15,16)(H,19,20). The van der Waals surface area contributed by atoms with E-state index >= 15 is 0 Å². The first kappa shape index (κ1) is 14.0. The number of pyridine rings is 1. The summed E-state index contributed by atoms with van der Waals surface area (Å²) >= 11 is 0. The Labute approximate surface area is 117 Å². The van der Waals surface area contributed by atoms with Crippen LogP contribution in [0.15, 0.2) is 30.9 Å². The summed E-state index contributed by atoms with van der Waals surface area (Å²) in [6, 6.07) is 3.46. The van der Waals surface area contributed by atoms with Gasteiger partial charge in [0.25, 0.3) is 0 Å². The van der Waals surface area contributed by atoms with Gasteiger partial charge in [-0.05, 0) is 24.5 Å². The monoisotopic (exact) mass is 274 g/mol. The van der Waals surface area contributed by atoms with Crippen LogP contribution in [0.3, 0.4) is 0 Å². The third-order valence-corrected chi connectivity index (χ3v) is 3.08. The molecule has 0 aliphatic heterocycles. The van der Waals surface area contributed by atoms with Crippen LogP contribution >= 0.6 is 0 Å². The van der Waals surface area contributed by atoms with Gasteiger partial charge in [-0.3, -0.25) is 4.79 Å². The molecule has 2 heterocycles. The topological polar surface area (TPSA) is 94.0 Å². The van der Waals surface area contributed by atoms with Gasteiger partial charge in [0, 0.05) is 18.9 Å². The fraction of sp³-hybridized carbons (Fsp3) is 0.357. The van der Waals surface area contributed by atoms with Gasteiger partial charge in [0.05, 0.1) is 12.0 Å². The van der Waals surface area contributed by atoms with E-state index in [-0.39, 0.29) is 0 Å². The highest BCUT2D eigenvalue weighted by atomic mass is 16.4. The lowest BCUT2D eigenvalue weighted by Crippen LogP contribution is -2.15. The normalized spacial score (nSPS) is 12.2. The first-order chi connectivity index (χ1) is 9.60. The van der Waals surface area contributed by atoms with Gasteiger partial charge in [0.1, 0.15) is 11.7 Å². The maximum Gasteiger partial charge on any atom is 0.312 e. The number of carbonyl (C=O) groups is 1. The Hall–Kier alpha value is -2.37. The molecule has 0 aliphatic carbocycles. The molecule has 2 aromatic rings.